The van der Waals surface area contributed by atoms with E-state index in [0.717, 1.165) is 11.3 Å². The van der Waals surface area contributed by atoms with Crippen LogP contribution in [0.1, 0.15) is 28.2 Å². The van der Waals surface area contributed by atoms with Crippen molar-refractivity contribution >= 4 is 45.6 Å². The molecular weight excluding hydrogens is 374 g/mol. The normalized spacial score (nSPS) is 10.5. The monoisotopic (exact) mass is 389 g/mol. The van der Waals surface area contributed by atoms with Crippen LogP contribution in [-0.4, -0.2) is 16.8 Å². The van der Waals surface area contributed by atoms with Crippen LogP contribution in [0.5, 0.6) is 0 Å². The van der Waals surface area contributed by atoms with Gasteiger partial charge in [-0.2, -0.15) is 0 Å². The molecule has 2 N–H and O–H groups in total. The van der Waals surface area contributed by atoms with Crippen molar-refractivity contribution in [3.63, 3.8) is 0 Å². The summed E-state index contributed by atoms with van der Waals surface area (Å²) in [6, 6.07) is 8.60. The van der Waals surface area contributed by atoms with E-state index in [1.165, 1.54) is 17.6 Å². The second-order valence-corrected chi connectivity index (χ2v) is 6.80. The molecule has 26 heavy (non-hydrogen) atoms. The van der Waals surface area contributed by atoms with Gasteiger partial charge in [-0.1, -0.05) is 17.7 Å². The van der Waals surface area contributed by atoms with E-state index in [2.05, 4.69) is 15.6 Å². The van der Waals surface area contributed by atoms with Crippen molar-refractivity contribution in [1.82, 2.24) is 4.98 Å². The molecule has 0 aliphatic heterocycles. The van der Waals surface area contributed by atoms with Gasteiger partial charge in [-0.3, -0.25) is 14.9 Å². The Hall–Kier alpha value is -2.64. The highest BCUT2D eigenvalue weighted by molar-refractivity contribution is 7.13. The summed E-state index contributed by atoms with van der Waals surface area (Å²) < 4.78 is 5.03. The fraction of sp³-hybridized carbons (Fsp3) is 0.167. The lowest BCUT2D eigenvalue weighted by molar-refractivity contribution is -0.116. The first-order valence-electron chi connectivity index (χ1n) is 7.87. The number of benzene rings is 1. The number of hydrogen-bond donors (Lipinski definition) is 2. The first-order valence-corrected chi connectivity index (χ1v) is 9.13. The maximum absolute atomic E-state index is 12.1. The minimum absolute atomic E-state index is 0.121. The Balaban J connectivity index is 1.52. The fourth-order valence-corrected chi connectivity index (χ4v) is 3.16. The van der Waals surface area contributed by atoms with Gasteiger partial charge in [0.25, 0.3) is 5.91 Å². The smallest absolute Gasteiger partial charge is 0.293 e. The van der Waals surface area contributed by atoms with Gasteiger partial charge in [-0.25, -0.2) is 4.98 Å². The summed E-state index contributed by atoms with van der Waals surface area (Å²) in [4.78, 5) is 28.3. The molecule has 0 fully saturated rings. The summed E-state index contributed by atoms with van der Waals surface area (Å²) in [5.41, 5.74) is 2.27. The molecule has 0 aliphatic carbocycles. The molecule has 1 aromatic carbocycles. The Morgan fingerprint density at radius 1 is 1.23 bits per heavy atom. The molecule has 8 heteroatoms. The zero-order valence-corrected chi connectivity index (χ0v) is 15.5. The second kappa shape index (κ2) is 8.16. The van der Waals surface area contributed by atoms with Gasteiger partial charge in [0.2, 0.25) is 5.91 Å². The van der Waals surface area contributed by atoms with Crippen molar-refractivity contribution in [2.24, 2.45) is 0 Å². The lowest BCUT2D eigenvalue weighted by Gasteiger charge is -2.09. The summed E-state index contributed by atoms with van der Waals surface area (Å²) in [5.74, 6) is -0.257. The number of amides is 2. The van der Waals surface area contributed by atoms with Crippen LogP contribution in [0, 0.1) is 6.92 Å². The van der Waals surface area contributed by atoms with Gasteiger partial charge >= 0.3 is 0 Å². The number of nitrogens with zero attached hydrogens (tertiary/aromatic N) is 1. The van der Waals surface area contributed by atoms with Crippen molar-refractivity contribution in [3.05, 3.63) is 64.0 Å². The molecule has 134 valence electrons. The molecule has 2 amide bonds. The summed E-state index contributed by atoms with van der Waals surface area (Å²) in [5, 5.41) is 8.41. The zero-order valence-electron chi connectivity index (χ0n) is 13.9. The number of aryl methyl sites for hydroxylation is 1. The highest BCUT2D eigenvalue weighted by atomic mass is 35.5. The van der Waals surface area contributed by atoms with Gasteiger partial charge < -0.3 is 9.73 Å². The first-order chi connectivity index (χ1) is 12.5. The number of hydrogen-bond acceptors (Lipinski definition) is 5. The van der Waals surface area contributed by atoms with E-state index in [1.807, 2.05) is 18.4 Å². The van der Waals surface area contributed by atoms with Gasteiger partial charge in [0.1, 0.15) is 0 Å². The molecule has 2 heterocycles. The Kier molecular flexibility index (Phi) is 5.70. The Morgan fingerprint density at radius 3 is 2.85 bits per heavy atom. The van der Waals surface area contributed by atoms with Crippen LogP contribution >= 0.6 is 22.9 Å². The molecule has 3 aromatic rings. The standard InChI is InChI=1S/C18H16ClN3O3S/c1-11-13(19)4-2-5-14(11)21-16(23)8-7-12-10-26-18(20-12)22-17(24)15-6-3-9-25-15/h2-6,9-10H,7-8H2,1H3,(H,21,23)(H,20,22,24). The Bertz CT molecular complexity index is 922. The average Bonchev–Trinajstić information content (AvgIpc) is 3.29. The number of halogens is 1. The minimum atomic E-state index is -0.356. The number of carbonyl (C=O) groups is 2. The number of furan rings is 1. The zero-order chi connectivity index (χ0) is 18.5. The van der Waals surface area contributed by atoms with Crippen molar-refractivity contribution in [1.29, 1.82) is 0 Å². The maximum Gasteiger partial charge on any atom is 0.293 e. The quantitative estimate of drug-likeness (QED) is 0.649. The largest absolute Gasteiger partial charge is 0.459 e. The highest BCUT2D eigenvalue weighted by Crippen LogP contribution is 2.23. The van der Waals surface area contributed by atoms with Gasteiger partial charge in [-0.15, -0.1) is 11.3 Å². The predicted octanol–water partition coefficient (Wildman–Crippen LogP) is 4.52. The highest BCUT2D eigenvalue weighted by Gasteiger charge is 2.12. The van der Waals surface area contributed by atoms with Crippen LogP contribution in [-0.2, 0) is 11.2 Å². The van der Waals surface area contributed by atoms with Crippen molar-refractivity contribution in [3.8, 4) is 0 Å². The number of aromatic nitrogens is 1. The topological polar surface area (TPSA) is 84.2 Å². The van der Waals surface area contributed by atoms with E-state index in [1.54, 1.807) is 24.3 Å². The molecule has 0 unspecified atom stereocenters. The third-order valence-electron chi connectivity index (χ3n) is 3.67. The Morgan fingerprint density at radius 2 is 2.08 bits per heavy atom. The van der Waals surface area contributed by atoms with E-state index in [-0.39, 0.29) is 24.0 Å². The third kappa shape index (κ3) is 4.50. The van der Waals surface area contributed by atoms with Crippen molar-refractivity contribution < 1.29 is 14.0 Å². The summed E-state index contributed by atoms with van der Waals surface area (Å²) in [7, 11) is 0. The third-order valence-corrected chi connectivity index (χ3v) is 4.88. The van der Waals surface area contributed by atoms with Crippen LogP contribution in [0.2, 0.25) is 5.02 Å². The second-order valence-electron chi connectivity index (χ2n) is 5.54. The lowest BCUT2D eigenvalue weighted by atomic mass is 10.2. The van der Waals surface area contributed by atoms with E-state index >= 15 is 0 Å². The summed E-state index contributed by atoms with van der Waals surface area (Å²) in [6.07, 6.45) is 2.18. The maximum atomic E-state index is 12.1. The number of carbonyl (C=O) groups excluding carboxylic acids is 2. The molecule has 0 radical (unpaired) electrons. The minimum Gasteiger partial charge on any atom is -0.459 e. The fourth-order valence-electron chi connectivity index (χ4n) is 2.24. The molecule has 2 aromatic heterocycles. The van der Waals surface area contributed by atoms with Crippen LogP contribution in [0.25, 0.3) is 0 Å². The molecule has 6 nitrogen and oxygen atoms in total. The molecule has 0 aliphatic rings. The van der Waals surface area contributed by atoms with Crippen molar-refractivity contribution in [2.75, 3.05) is 10.6 Å². The van der Waals surface area contributed by atoms with E-state index < -0.39 is 0 Å². The van der Waals surface area contributed by atoms with Crippen LogP contribution in [0.15, 0.2) is 46.4 Å². The van der Waals surface area contributed by atoms with E-state index in [9.17, 15) is 9.59 Å². The lowest BCUT2D eigenvalue weighted by Crippen LogP contribution is -2.13. The number of anilines is 2. The van der Waals surface area contributed by atoms with Crippen molar-refractivity contribution in [2.45, 2.75) is 19.8 Å². The Labute approximate surface area is 159 Å². The van der Waals surface area contributed by atoms with Gasteiger partial charge in [0.05, 0.1) is 12.0 Å². The molecule has 0 saturated heterocycles. The summed E-state index contributed by atoms with van der Waals surface area (Å²) in [6.45, 7) is 1.85. The molecule has 0 spiro atoms. The van der Waals surface area contributed by atoms with Gasteiger partial charge in [0.15, 0.2) is 10.9 Å². The van der Waals surface area contributed by atoms with Crippen LogP contribution < -0.4 is 10.6 Å². The first kappa shape index (κ1) is 18.2. The predicted molar refractivity (Wildman–Crippen MR) is 102 cm³/mol. The van der Waals surface area contributed by atoms with Gasteiger partial charge in [-0.05, 0) is 43.2 Å². The average molecular weight is 390 g/mol. The van der Waals surface area contributed by atoms with E-state index in [0.29, 0.717) is 22.3 Å². The van der Waals surface area contributed by atoms with Crippen LogP contribution in [0.4, 0.5) is 10.8 Å². The molecular formula is C18H16ClN3O3S. The number of thiazole rings is 1. The molecule has 0 bridgehead atoms. The molecule has 3 rings (SSSR count). The molecule has 0 saturated carbocycles. The number of rotatable bonds is 6. The van der Waals surface area contributed by atoms with E-state index in [4.69, 9.17) is 16.0 Å². The SMILES string of the molecule is Cc1c(Cl)cccc1NC(=O)CCc1csc(NC(=O)c2ccco2)n1. The van der Waals surface area contributed by atoms with Crippen LogP contribution in [0.3, 0.4) is 0 Å². The molecule has 0 atom stereocenters. The number of nitrogens with one attached hydrogen (secondary N) is 2. The summed E-state index contributed by atoms with van der Waals surface area (Å²) >= 11 is 7.35. The van der Waals surface area contributed by atoms with Gasteiger partial charge in [0, 0.05) is 22.5 Å².